The smallest absolute Gasteiger partial charge is 0.0691 e. The summed E-state index contributed by atoms with van der Waals surface area (Å²) in [6, 6.07) is 11.8. The van der Waals surface area contributed by atoms with Crippen molar-refractivity contribution in [2.75, 3.05) is 0 Å². The molecule has 2 unspecified atom stereocenters. The molecule has 4 aliphatic heterocycles. The molecule has 0 radical (unpaired) electrons. The second-order valence-corrected chi connectivity index (χ2v) is 10.7. The summed E-state index contributed by atoms with van der Waals surface area (Å²) in [5.41, 5.74) is 1.69. The van der Waals surface area contributed by atoms with Gasteiger partial charge in [-0.2, -0.15) is 0 Å². The number of benzene rings is 1. The Hall–Kier alpha value is -0.650. The first kappa shape index (κ1) is 18.4. The molecule has 2 heteroatoms. The van der Waals surface area contributed by atoms with Crippen LogP contribution < -0.4 is 0 Å². The first-order valence-corrected chi connectivity index (χ1v) is 12.4. The Morgan fingerprint density at radius 3 is 1.48 bits per heavy atom. The molecule has 0 spiro atoms. The van der Waals surface area contributed by atoms with E-state index in [2.05, 4.69) is 37.3 Å². The lowest BCUT2D eigenvalue weighted by Gasteiger charge is -2.51. The van der Waals surface area contributed by atoms with E-state index >= 15 is 0 Å². The molecule has 4 aliphatic rings. The third-order valence-electron chi connectivity index (χ3n) is 9.55. The molecular weight excluding hydrogens is 322 g/mol. The Bertz CT molecular complexity index is 570. The molecule has 27 heavy (non-hydrogen) atoms. The SMILES string of the molecule is CC(B1C2CCCC1CCC2)C(B1C2CCCC1CCC2)c1ccccc1. The Morgan fingerprint density at radius 2 is 1.04 bits per heavy atom. The van der Waals surface area contributed by atoms with Gasteiger partial charge in [-0.3, -0.25) is 0 Å². The van der Waals surface area contributed by atoms with Gasteiger partial charge in [0.15, 0.2) is 6.71 Å². The molecule has 0 nitrogen and oxygen atoms in total. The van der Waals surface area contributed by atoms with E-state index in [4.69, 9.17) is 0 Å². The normalized spacial score (nSPS) is 35.6. The topological polar surface area (TPSA) is 0 Å². The minimum Gasteiger partial charge on any atom is -0.0691 e. The van der Waals surface area contributed by atoms with Crippen LogP contribution in [0, 0.1) is 0 Å². The van der Waals surface area contributed by atoms with Gasteiger partial charge in [0.2, 0.25) is 0 Å². The quantitative estimate of drug-likeness (QED) is 0.479. The summed E-state index contributed by atoms with van der Waals surface area (Å²) < 4.78 is 0. The minimum atomic E-state index is 0.827. The minimum absolute atomic E-state index is 0.827. The summed E-state index contributed by atoms with van der Waals surface area (Å²) in [5, 5.41) is 0. The van der Waals surface area contributed by atoms with Crippen LogP contribution in [0.15, 0.2) is 30.3 Å². The van der Waals surface area contributed by atoms with Crippen LogP contribution in [0.1, 0.15) is 95.4 Å². The average molecular weight is 360 g/mol. The van der Waals surface area contributed by atoms with Gasteiger partial charge in [-0.05, 0) is 5.82 Å². The van der Waals surface area contributed by atoms with Gasteiger partial charge in [0.05, 0.1) is 0 Å². The van der Waals surface area contributed by atoms with Crippen LogP contribution in [0.4, 0.5) is 0 Å². The van der Waals surface area contributed by atoms with E-state index in [1.807, 2.05) is 0 Å². The van der Waals surface area contributed by atoms with Gasteiger partial charge >= 0.3 is 0 Å². The molecule has 1 aromatic carbocycles. The fraction of sp³-hybridized carbons (Fsp3) is 0.760. The van der Waals surface area contributed by atoms with Gasteiger partial charge in [-0.15, -0.1) is 0 Å². The molecule has 0 amide bonds. The van der Waals surface area contributed by atoms with E-state index in [-0.39, 0.29) is 0 Å². The van der Waals surface area contributed by atoms with Gasteiger partial charge in [0, 0.05) is 0 Å². The lowest BCUT2D eigenvalue weighted by molar-refractivity contribution is 0.421. The highest BCUT2D eigenvalue weighted by Crippen LogP contribution is 2.58. The number of hydrogen-bond acceptors (Lipinski definition) is 0. The fourth-order valence-electron chi connectivity index (χ4n) is 8.69. The highest BCUT2D eigenvalue weighted by Gasteiger charge is 2.51. The van der Waals surface area contributed by atoms with Crippen molar-refractivity contribution in [1.82, 2.24) is 0 Å². The zero-order chi connectivity index (χ0) is 18.2. The second-order valence-electron chi connectivity index (χ2n) is 10.7. The summed E-state index contributed by atoms with van der Waals surface area (Å²) in [5.74, 6) is 5.84. The molecule has 5 rings (SSSR count). The van der Waals surface area contributed by atoms with Crippen molar-refractivity contribution in [2.45, 2.75) is 119 Å². The molecular formula is C25H38B2. The maximum atomic E-state index is 2.70. The summed E-state index contributed by atoms with van der Waals surface area (Å²) in [4.78, 5) is 0. The van der Waals surface area contributed by atoms with Crippen molar-refractivity contribution >= 4 is 13.4 Å². The van der Waals surface area contributed by atoms with Gasteiger partial charge in [-0.1, -0.05) is 149 Å². The summed E-state index contributed by atoms with van der Waals surface area (Å²) in [6.45, 7) is 4.69. The summed E-state index contributed by atoms with van der Waals surface area (Å²) >= 11 is 0. The lowest BCUT2D eigenvalue weighted by Crippen LogP contribution is -2.47. The van der Waals surface area contributed by atoms with E-state index in [9.17, 15) is 0 Å². The highest BCUT2D eigenvalue weighted by atomic mass is 14.3. The molecule has 4 fully saturated rings. The van der Waals surface area contributed by atoms with E-state index in [0.29, 0.717) is 0 Å². The molecule has 1 aromatic rings. The number of hydrogen-bond donors (Lipinski definition) is 0. The molecule has 2 atom stereocenters. The van der Waals surface area contributed by atoms with E-state index in [0.717, 1.165) is 48.3 Å². The van der Waals surface area contributed by atoms with Crippen molar-refractivity contribution in [3.63, 3.8) is 0 Å². The van der Waals surface area contributed by atoms with Crippen molar-refractivity contribution in [2.24, 2.45) is 0 Å². The van der Waals surface area contributed by atoms with Crippen molar-refractivity contribution in [3.8, 4) is 0 Å². The predicted octanol–water partition coefficient (Wildman–Crippen LogP) is 7.91. The van der Waals surface area contributed by atoms with Crippen LogP contribution in [-0.4, -0.2) is 13.4 Å². The van der Waals surface area contributed by atoms with Crippen LogP contribution in [0.5, 0.6) is 0 Å². The standard InChI is InChI=1S/C25H38B2/c1-19(26-21-11-5-12-22(26)14-6-13-21)25(20-9-3-2-4-10-20)27-23-15-7-16-24(27)18-8-17-23/h2-4,9-10,19,21-25H,5-8,11-18H2,1H3. The number of rotatable bonds is 4. The average Bonchev–Trinajstić information content (AvgIpc) is 2.68. The lowest BCUT2D eigenvalue weighted by atomic mass is 9.13. The first-order chi connectivity index (χ1) is 13.3. The van der Waals surface area contributed by atoms with E-state index in [1.165, 1.54) is 77.0 Å². The monoisotopic (exact) mass is 360 g/mol. The number of fused-ring (bicyclic) bond motifs is 4. The maximum Gasteiger partial charge on any atom is 0.154 e. The maximum absolute atomic E-state index is 2.70. The van der Waals surface area contributed by atoms with Crippen LogP contribution in [0.2, 0.25) is 29.1 Å². The third-order valence-corrected chi connectivity index (χ3v) is 9.55. The summed E-state index contributed by atoms with van der Waals surface area (Å²) in [7, 11) is 0. The molecule has 4 saturated heterocycles. The predicted molar refractivity (Wildman–Crippen MR) is 121 cm³/mol. The van der Waals surface area contributed by atoms with Gasteiger partial charge < -0.3 is 0 Å². The third kappa shape index (κ3) is 3.44. The Morgan fingerprint density at radius 1 is 0.630 bits per heavy atom. The van der Waals surface area contributed by atoms with Crippen LogP contribution in [0.25, 0.3) is 0 Å². The zero-order valence-electron chi connectivity index (χ0n) is 17.5. The van der Waals surface area contributed by atoms with Crippen molar-refractivity contribution in [3.05, 3.63) is 35.9 Å². The summed E-state index contributed by atoms with van der Waals surface area (Å²) in [6.07, 6.45) is 18.3. The molecule has 4 heterocycles. The molecule has 0 aliphatic carbocycles. The Kier molecular flexibility index (Phi) is 5.45. The van der Waals surface area contributed by atoms with E-state index in [1.54, 1.807) is 5.56 Å². The Balaban J connectivity index is 1.50. The highest BCUT2D eigenvalue weighted by molar-refractivity contribution is 6.70. The first-order valence-electron chi connectivity index (χ1n) is 12.4. The molecule has 0 N–H and O–H groups in total. The Labute approximate surface area is 168 Å². The van der Waals surface area contributed by atoms with Crippen LogP contribution in [0.3, 0.4) is 0 Å². The van der Waals surface area contributed by atoms with Gasteiger partial charge in [-0.25, -0.2) is 0 Å². The second kappa shape index (κ2) is 8.00. The van der Waals surface area contributed by atoms with Gasteiger partial charge in [0.1, 0.15) is 6.71 Å². The van der Waals surface area contributed by atoms with Crippen molar-refractivity contribution < 1.29 is 0 Å². The molecule has 144 valence electrons. The molecule has 0 saturated carbocycles. The largest absolute Gasteiger partial charge is 0.154 e. The fourth-order valence-corrected chi connectivity index (χ4v) is 8.69. The molecule has 4 bridgehead atoms. The van der Waals surface area contributed by atoms with Gasteiger partial charge in [0.25, 0.3) is 0 Å². The van der Waals surface area contributed by atoms with Crippen molar-refractivity contribution in [1.29, 1.82) is 0 Å². The van der Waals surface area contributed by atoms with Crippen LogP contribution in [-0.2, 0) is 0 Å². The molecule has 0 aromatic heterocycles. The zero-order valence-corrected chi connectivity index (χ0v) is 17.5. The van der Waals surface area contributed by atoms with E-state index < -0.39 is 0 Å². The van der Waals surface area contributed by atoms with Crippen LogP contribution >= 0.6 is 0 Å².